The minimum absolute atomic E-state index is 0.106. The van der Waals surface area contributed by atoms with E-state index in [1.165, 1.54) is 18.2 Å². The highest BCUT2D eigenvalue weighted by Gasteiger charge is 2.55. The zero-order valence-corrected chi connectivity index (χ0v) is 15.6. The van der Waals surface area contributed by atoms with Gasteiger partial charge in [-0.15, -0.1) is 0 Å². The summed E-state index contributed by atoms with van der Waals surface area (Å²) in [4.78, 5) is 13.1. The van der Waals surface area contributed by atoms with Gasteiger partial charge in [0.1, 0.15) is 6.07 Å². The molecule has 2 N–H and O–H groups in total. The average Bonchev–Trinajstić information content (AvgIpc) is 2.67. The Labute approximate surface area is 166 Å². The second-order valence-electron chi connectivity index (χ2n) is 6.86. The molecule has 9 heteroatoms. The maximum absolute atomic E-state index is 11.7. The fraction of sp³-hybridized carbons (Fsp3) is 0.316. The summed E-state index contributed by atoms with van der Waals surface area (Å²) in [7, 11) is 1.86. The molecule has 1 aromatic rings. The summed E-state index contributed by atoms with van der Waals surface area (Å²) < 4.78 is 0. The number of nitro groups is 1. The van der Waals surface area contributed by atoms with Crippen molar-refractivity contribution >= 4 is 17.3 Å². The van der Waals surface area contributed by atoms with Gasteiger partial charge in [-0.3, -0.25) is 10.1 Å². The van der Waals surface area contributed by atoms with E-state index in [1.54, 1.807) is 0 Å². The van der Waals surface area contributed by atoms with Crippen molar-refractivity contribution < 1.29 is 4.92 Å². The summed E-state index contributed by atoms with van der Waals surface area (Å²) >= 11 is 5.94. The van der Waals surface area contributed by atoms with E-state index in [1.807, 2.05) is 36.2 Å². The van der Waals surface area contributed by atoms with Crippen LogP contribution in [0.5, 0.6) is 0 Å². The lowest BCUT2D eigenvalue weighted by atomic mass is 9.58. The molecule has 0 saturated carbocycles. The number of fused-ring (bicyclic) bond motifs is 1. The molecule has 3 rings (SSSR count). The van der Waals surface area contributed by atoms with Crippen LogP contribution in [0.4, 0.5) is 5.69 Å². The molecule has 0 aromatic heterocycles. The van der Waals surface area contributed by atoms with Gasteiger partial charge >= 0.3 is 0 Å². The Hall–Kier alpha value is -3.38. The van der Waals surface area contributed by atoms with Crippen LogP contribution < -0.4 is 5.73 Å². The van der Waals surface area contributed by atoms with Gasteiger partial charge in [0.2, 0.25) is 0 Å². The molecule has 28 heavy (non-hydrogen) atoms. The summed E-state index contributed by atoms with van der Waals surface area (Å²) in [6.07, 6.45) is 1.83. The highest BCUT2D eigenvalue weighted by molar-refractivity contribution is 6.30. The second kappa shape index (κ2) is 6.98. The van der Waals surface area contributed by atoms with Gasteiger partial charge in [-0.05, 0) is 18.7 Å². The van der Waals surface area contributed by atoms with Gasteiger partial charge in [-0.1, -0.05) is 23.7 Å². The topological polar surface area (TPSA) is 144 Å². The lowest BCUT2D eigenvalue weighted by molar-refractivity contribution is -0.385. The first-order valence-corrected chi connectivity index (χ1v) is 8.74. The van der Waals surface area contributed by atoms with E-state index in [9.17, 15) is 25.9 Å². The van der Waals surface area contributed by atoms with Crippen LogP contribution in [0.25, 0.3) is 0 Å². The maximum Gasteiger partial charge on any atom is 0.274 e. The van der Waals surface area contributed by atoms with Gasteiger partial charge in [-0.2, -0.15) is 15.8 Å². The number of hydrogen-bond acceptors (Lipinski definition) is 7. The molecule has 0 fully saturated rings. The summed E-state index contributed by atoms with van der Waals surface area (Å²) in [6.45, 7) is 0.978. The Kier molecular flexibility index (Phi) is 4.83. The molecule has 1 aliphatic carbocycles. The first kappa shape index (κ1) is 19.4. The number of hydrogen-bond donors (Lipinski definition) is 1. The smallest absolute Gasteiger partial charge is 0.274 e. The summed E-state index contributed by atoms with van der Waals surface area (Å²) in [5, 5.41) is 41.4. The summed E-state index contributed by atoms with van der Waals surface area (Å²) in [6, 6.07) is 10.1. The predicted molar refractivity (Wildman–Crippen MR) is 100 cm³/mol. The molecule has 0 bridgehead atoms. The van der Waals surface area contributed by atoms with Crippen LogP contribution in [0, 0.1) is 55.4 Å². The Morgan fingerprint density at radius 2 is 2.04 bits per heavy atom. The molecule has 1 heterocycles. The van der Waals surface area contributed by atoms with Crippen LogP contribution in [-0.4, -0.2) is 30.0 Å². The van der Waals surface area contributed by atoms with Crippen molar-refractivity contribution in [1.29, 1.82) is 15.8 Å². The third-order valence-corrected chi connectivity index (χ3v) is 5.61. The van der Waals surface area contributed by atoms with Gasteiger partial charge in [-0.25, -0.2) is 0 Å². The van der Waals surface area contributed by atoms with Gasteiger partial charge in [0.15, 0.2) is 5.41 Å². The molecule has 0 saturated heterocycles. The minimum Gasteiger partial charge on any atom is -0.399 e. The number of benzene rings is 1. The molecular weight excluding hydrogens is 380 g/mol. The Bertz CT molecular complexity index is 1040. The number of nitrogens with zero attached hydrogens (tertiary/aromatic N) is 5. The number of halogens is 1. The van der Waals surface area contributed by atoms with Crippen molar-refractivity contribution in [3.05, 3.63) is 61.8 Å². The van der Waals surface area contributed by atoms with E-state index in [0.717, 1.165) is 0 Å². The molecule has 0 radical (unpaired) electrons. The molecule has 8 nitrogen and oxygen atoms in total. The molecule has 140 valence electrons. The third-order valence-electron chi connectivity index (χ3n) is 5.37. The molecule has 2 atom stereocenters. The van der Waals surface area contributed by atoms with Gasteiger partial charge in [0.25, 0.3) is 5.69 Å². The zero-order chi connectivity index (χ0) is 20.6. The van der Waals surface area contributed by atoms with Crippen LogP contribution in [0.1, 0.15) is 11.5 Å². The standard InChI is InChI=1S/C19H15ClN6O2/c1-25-5-4-12-14(7-21)18(24)19(9-22,10-23)17(15(12)8-25)13-3-2-11(20)6-16(13)26(27)28/h2-4,6,15,17H,5,8,24H2,1H3/t15-,17-/m1/s1. The van der Waals surface area contributed by atoms with Crippen molar-refractivity contribution in [2.45, 2.75) is 5.92 Å². The lowest BCUT2D eigenvalue weighted by Gasteiger charge is -2.44. The van der Waals surface area contributed by atoms with Crippen LogP contribution >= 0.6 is 11.6 Å². The number of allylic oxidation sites excluding steroid dienone is 2. The molecule has 2 aliphatic rings. The van der Waals surface area contributed by atoms with Crippen LogP contribution in [0.3, 0.4) is 0 Å². The molecular formula is C19H15ClN6O2. The van der Waals surface area contributed by atoms with Crippen molar-refractivity contribution in [1.82, 2.24) is 4.90 Å². The fourth-order valence-electron chi connectivity index (χ4n) is 4.11. The van der Waals surface area contributed by atoms with Crippen LogP contribution in [-0.2, 0) is 0 Å². The van der Waals surface area contributed by atoms with E-state index in [4.69, 9.17) is 17.3 Å². The predicted octanol–water partition coefficient (Wildman–Crippen LogP) is 2.60. The molecule has 1 aromatic carbocycles. The Balaban J connectivity index is 2.41. The SMILES string of the molecule is CN1CC=C2C(C#N)=C(N)C(C#N)(C#N)[C@H](c3ccc(Cl)cc3[N+](=O)[O-])[C@@H]2C1. The first-order valence-electron chi connectivity index (χ1n) is 8.36. The maximum atomic E-state index is 11.7. The van der Waals surface area contributed by atoms with Crippen molar-refractivity contribution in [3.63, 3.8) is 0 Å². The van der Waals surface area contributed by atoms with Crippen molar-refractivity contribution in [3.8, 4) is 18.2 Å². The van der Waals surface area contributed by atoms with Gasteiger partial charge in [0, 0.05) is 41.6 Å². The Morgan fingerprint density at radius 1 is 1.36 bits per heavy atom. The van der Waals surface area contributed by atoms with Gasteiger partial charge in [0.05, 0.1) is 28.3 Å². The van der Waals surface area contributed by atoms with Crippen LogP contribution in [0.15, 0.2) is 41.1 Å². The number of nitro benzene ring substituents is 1. The first-order chi connectivity index (χ1) is 13.3. The third kappa shape index (κ3) is 2.70. The zero-order valence-electron chi connectivity index (χ0n) is 14.9. The summed E-state index contributed by atoms with van der Waals surface area (Å²) in [5.41, 5.74) is 4.74. The highest BCUT2D eigenvalue weighted by atomic mass is 35.5. The van der Waals surface area contributed by atoms with Crippen LogP contribution in [0.2, 0.25) is 5.02 Å². The molecule has 0 unspecified atom stereocenters. The molecule has 1 aliphatic heterocycles. The monoisotopic (exact) mass is 394 g/mol. The number of likely N-dealkylation sites (N-methyl/N-ethyl adjacent to an activating group) is 1. The highest BCUT2D eigenvalue weighted by Crippen LogP contribution is 2.55. The average molecular weight is 395 g/mol. The quantitative estimate of drug-likeness (QED) is 0.599. The number of nitriles is 3. The number of nitrogens with two attached hydrogens (primary N) is 1. The summed E-state index contributed by atoms with van der Waals surface area (Å²) in [5.74, 6) is -1.41. The normalized spacial score (nSPS) is 23.6. The largest absolute Gasteiger partial charge is 0.399 e. The molecule has 0 spiro atoms. The van der Waals surface area contributed by atoms with E-state index in [2.05, 4.69) is 0 Å². The minimum atomic E-state index is -1.91. The second-order valence-corrected chi connectivity index (χ2v) is 7.29. The molecule has 0 amide bonds. The fourth-order valence-corrected chi connectivity index (χ4v) is 4.27. The van der Waals surface area contributed by atoms with Crippen molar-refractivity contribution in [2.24, 2.45) is 17.1 Å². The Morgan fingerprint density at radius 3 is 2.61 bits per heavy atom. The van der Waals surface area contributed by atoms with Gasteiger partial charge < -0.3 is 10.6 Å². The van der Waals surface area contributed by atoms with E-state index in [0.29, 0.717) is 18.7 Å². The number of rotatable bonds is 2. The lowest BCUT2D eigenvalue weighted by Crippen LogP contribution is -2.47. The van der Waals surface area contributed by atoms with E-state index in [-0.39, 0.29) is 27.5 Å². The van der Waals surface area contributed by atoms with Crippen molar-refractivity contribution in [2.75, 3.05) is 20.1 Å². The van der Waals surface area contributed by atoms with E-state index >= 15 is 0 Å². The van der Waals surface area contributed by atoms with E-state index < -0.39 is 22.2 Å².